The third kappa shape index (κ3) is 3.69. The van der Waals surface area contributed by atoms with Crippen LogP contribution in [0.4, 0.5) is 4.79 Å². The number of carbonyl (C=O) groups excluding carboxylic acids is 3. The van der Waals surface area contributed by atoms with Gasteiger partial charge in [-0.1, -0.05) is 6.07 Å². The average Bonchev–Trinajstić information content (AvgIpc) is 3.38. The lowest BCUT2D eigenvalue weighted by Gasteiger charge is -2.13. The smallest absolute Gasteiger partial charge is 0.293 e. The number of ether oxygens (including phenoxy) is 2. The molecule has 3 amide bonds. The van der Waals surface area contributed by atoms with Crippen molar-refractivity contribution in [1.82, 2.24) is 10.2 Å². The van der Waals surface area contributed by atoms with Crippen LogP contribution in [-0.4, -0.2) is 41.8 Å². The summed E-state index contributed by atoms with van der Waals surface area (Å²) in [6.07, 6.45) is 1.71. The predicted octanol–water partition coefficient (Wildman–Crippen LogP) is 2.94. The molecule has 0 saturated carbocycles. The van der Waals surface area contributed by atoms with E-state index >= 15 is 0 Å². The molecule has 0 spiro atoms. The number of thioether (sulfide) groups is 1. The fraction of sp³-hybridized carbons (Fsp3) is 0.167. The summed E-state index contributed by atoms with van der Waals surface area (Å²) in [4.78, 5) is 39.2. The number of hydrogen-bond donors (Lipinski definition) is 1. The van der Waals surface area contributed by atoms with E-state index in [4.69, 9.17) is 9.47 Å². The Morgan fingerprint density at radius 3 is 2.89 bits per heavy atom. The molecular formula is C18H14N2O5S2. The van der Waals surface area contributed by atoms with Gasteiger partial charge in [-0.25, -0.2) is 0 Å². The molecule has 3 heterocycles. The van der Waals surface area contributed by atoms with Crippen LogP contribution in [0.15, 0.2) is 40.6 Å². The van der Waals surface area contributed by atoms with Crippen molar-refractivity contribution in [3.8, 4) is 11.5 Å². The summed E-state index contributed by atoms with van der Waals surface area (Å²) in [7, 11) is 0. The van der Waals surface area contributed by atoms with Gasteiger partial charge >= 0.3 is 0 Å². The first kappa shape index (κ1) is 17.6. The number of amides is 3. The van der Waals surface area contributed by atoms with E-state index in [1.54, 1.807) is 24.3 Å². The van der Waals surface area contributed by atoms with Gasteiger partial charge in [0.05, 0.1) is 4.91 Å². The third-order valence-electron chi connectivity index (χ3n) is 3.95. The summed E-state index contributed by atoms with van der Waals surface area (Å²) < 4.78 is 10.5. The maximum absolute atomic E-state index is 12.4. The minimum Gasteiger partial charge on any atom is -0.454 e. The van der Waals surface area contributed by atoms with Crippen LogP contribution in [0.3, 0.4) is 0 Å². The molecular weight excluding hydrogens is 388 g/mol. The number of hydrogen-bond acceptors (Lipinski definition) is 7. The molecule has 2 aromatic rings. The Labute approximate surface area is 162 Å². The van der Waals surface area contributed by atoms with Crippen molar-refractivity contribution in [2.45, 2.75) is 0 Å². The second-order valence-corrected chi connectivity index (χ2v) is 7.65. The maximum Gasteiger partial charge on any atom is 0.293 e. The highest BCUT2D eigenvalue weighted by Crippen LogP contribution is 2.33. The predicted molar refractivity (Wildman–Crippen MR) is 102 cm³/mol. The lowest BCUT2D eigenvalue weighted by molar-refractivity contribution is -0.122. The molecule has 0 radical (unpaired) electrons. The Morgan fingerprint density at radius 1 is 1.22 bits per heavy atom. The molecule has 1 N–H and O–H groups in total. The molecule has 4 rings (SSSR count). The van der Waals surface area contributed by atoms with Gasteiger partial charge < -0.3 is 14.8 Å². The van der Waals surface area contributed by atoms with Gasteiger partial charge in [-0.15, -0.1) is 11.3 Å². The van der Waals surface area contributed by atoms with Crippen molar-refractivity contribution in [1.29, 1.82) is 0 Å². The standard InChI is InChI=1S/C18H14N2O5S2/c21-16(11-3-4-13-14(8-11)25-10-24-13)19-5-6-20-17(22)15(27-18(20)23)9-12-2-1-7-26-12/h1-4,7-9H,5-6,10H2,(H,19,21). The molecule has 1 aromatic heterocycles. The third-order valence-corrected chi connectivity index (χ3v) is 5.67. The Kier molecular flexibility index (Phi) is 4.87. The largest absolute Gasteiger partial charge is 0.454 e. The number of benzene rings is 1. The summed E-state index contributed by atoms with van der Waals surface area (Å²) in [5, 5.41) is 4.28. The Morgan fingerprint density at radius 2 is 2.07 bits per heavy atom. The first-order valence-electron chi connectivity index (χ1n) is 8.08. The highest BCUT2D eigenvalue weighted by molar-refractivity contribution is 8.18. The van der Waals surface area contributed by atoms with Gasteiger partial charge in [-0.05, 0) is 47.5 Å². The summed E-state index contributed by atoms with van der Waals surface area (Å²) in [5.74, 6) is 0.472. The van der Waals surface area contributed by atoms with Crippen LogP contribution in [0.2, 0.25) is 0 Å². The topological polar surface area (TPSA) is 84.9 Å². The number of rotatable bonds is 5. The molecule has 9 heteroatoms. The zero-order valence-electron chi connectivity index (χ0n) is 14.0. The average molecular weight is 402 g/mol. The van der Waals surface area contributed by atoms with Crippen molar-refractivity contribution < 1.29 is 23.9 Å². The van der Waals surface area contributed by atoms with Crippen LogP contribution in [-0.2, 0) is 4.79 Å². The van der Waals surface area contributed by atoms with Gasteiger partial charge in [0, 0.05) is 23.5 Å². The minimum absolute atomic E-state index is 0.114. The molecule has 138 valence electrons. The fourth-order valence-corrected chi connectivity index (χ4v) is 4.20. The molecule has 2 aliphatic rings. The van der Waals surface area contributed by atoms with Crippen molar-refractivity contribution in [3.63, 3.8) is 0 Å². The molecule has 1 fully saturated rings. The van der Waals surface area contributed by atoms with Gasteiger partial charge in [0.2, 0.25) is 6.79 Å². The van der Waals surface area contributed by atoms with Gasteiger partial charge in [-0.3, -0.25) is 19.3 Å². The lowest BCUT2D eigenvalue weighted by Crippen LogP contribution is -2.37. The van der Waals surface area contributed by atoms with Gasteiger partial charge in [0.15, 0.2) is 11.5 Å². The van der Waals surface area contributed by atoms with E-state index in [1.807, 2.05) is 17.5 Å². The summed E-state index contributed by atoms with van der Waals surface area (Å²) in [5.41, 5.74) is 0.422. The van der Waals surface area contributed by atoms with Crippen LogP contribution in [0.1, 0.15) is 15.2 Å². The van der Waals surface area contributed by atoms with E-state index < -0.39 is 0 Å². The van der Waals surface area contributed by atoms with Crippen LogP contribution in [0.25, 0.3) is 6.08 Å². The Balaban J connectivity index is 1.34. The molecule has 1 saturated heterocycles. The number of thiophene rings is 1. The van der Waals surface area contributed by atoms with Gasteiger partial charge in [0.25, 0.3) is 17.1 Å². The molecule has 0 unspecified atom stereocenters. The molecule has 1 aromatic carbocycles. The zero-order chi connectivity index (χ0) is 18.8. The number of nitrogens with zero attached hydrogens (tertiary/aromatic N) is 1. The Hall–Kier alpha value is -2.78. The van der Waals surface area contributed by atoms with Crippen LogP contribution in [0, 0.1) is 0 Å². The minimum atomic E-state index is -0.337. The quantitative estimate of drug-likeness (QED) is 0.774. The second-order valence-electron chi connectivity index (χ2n) is 5.67. The second kappa shape index (κ2) is 7.45. The Bertz CT molecular complexity index is 939. The number of carbonyl (C=O) groups is 3. The van der Waals surface area contributed by atoms with Crippen molar-refractivity contribution in [2.75, 3.05) is 19.9 Å². The lowest BCUT2D eigenvalue weighted by atomic mass is 10.2. The van der Waals surface area contributed by atoms with Crippen molar-refractivity contribution in [2.24, 2.45) is 0 Å². The molecule has 0 bridgehead atoms. The fourth-order valence-electron chi connectivity index (χ4n) is 2.62. The molecule has 0 aliphatic carbocycles. The molecule has 2 aliphatic heterocycles. The zero-order valence-corrected chi connectivity index (χ0v) is 15.6. The maximum atomic E-state index is 12.4. The monoisotopic (exact) mass is 402 g/mol. The van der Waals surface area contributed by atoms with Crippen LogP contribution in [0.5, 0.6) is 11.5 Å². The highest BCUT2D eigenvalue weighted by Gasteiger charge is 2.34. The SMILES string of the molecule is O=C(NCCN1C(=O)SC(=Cc2cccs2)C1=O)c1ccc2c(c1)OCO2. The number of nitrogens with one attached hydrogen (secondary N) is 1. The number of fused-ring (bicyclic) bond motifs is 1. The van der Waals surface area contributed by atoms with Crippen LogP contribution < -0.4 is 14.8 Å². The molecule has 7 nitrogen and oxygen atoms in total. The first-order chi connectivity index (χ1) is 13.1. The van der Waals surface area contributed by atoms with E-state index in [1.165, 1.54) is 11.3 Å². The van der Waals surface area contributed by atoms with Crippen molar-refractivity contribution in [3.05, 3.63) is 51.1 Å². The van der Waals surface area contributed by atoms with E-state index in [-0.39, 0.29) is 36.9 Å². The molecule has 0 atom stereocenters. The molecule has 27 heavy (non-hydrogen) atoms. The normalized spacial score (nSPS) is 17.0. The van der Waals surface area contributed by atoms with Crippen LogP contribution >= 0.6 is 23.1 Å². The van der Waals surface area contributed by atoms with Crippen molar-refractivity contribution >= 4 is 46.2 Å². The highest BCUT2D eigenvalue weighted by atomic mass is 32.2. The summed E-state index contributed by atoms with van der Waals surface area (Å²) in [6, 6.07) is 8.66. The van der Waals surface area contributed by atoms with E-state index in [0.717, 1.165) is 21.5 Å². The van der Waals surface area contributed by atoms with Gasteiger partial charge in [-0.2, -0.15) is 0 Å². The van der Waals surface area contributed by atoms with Gasteiger partial charge in [0.1, 0.15) is 0 Å². The number of imide groups is 1. The van der Waals surface area contributed by atoms with E-state index in [0.29, 0.717) is 22.0 Å². The first-order valence-corrected chi connectivity index (χ1v) is 9.78. The van der Waals surface area contributed by atoms with E-state index in [2.05, 4.69) is 5.32 Å². The summed E-state index contributed by atoms with van der Waals surface area (Å²) in [6.45, 7) is 0.416. The summed E-state index contributed by atoms with van der Waals surface area (Å²) >= 11 is 2.40. The van der Waals surface area contributed by atoms with E-state index in [9.17, 15) is 14.4 Å².